The minimum absolute atomic E-state index is 0.104. The second kappa shape index (κ2) is 6.88. The maximum Gasteiger partial charge on any atom is 0.286 e. The van der Waals surface area contributed by atoms with Crippen molar-refractivity contribution in [3.63, 3.8) is 0 Å². The van der Waals surface area contributed by atoms with Crippen LogP contribution in [0.3, 0.4) is 0 Å². The average Bonchev–Trinajstić information content (AvgIpc) is 2.98. The number of furan rings is 1. The fourth-order valence-electron chi connectivity index (χ4n) is 1.88. The van der Waals surface area contributed by atoms with Gasteiger partial charge in [0.25, 0.3) is 5.91 Å². The Labute approximate surface area is 117 Å². The first-order chi connectivity index (χ1) is 9.74. The van der Waals surface area contributed by atoms with Gasteiger partial charge in [-0.05, 0) is 17.7 Å². The zero-order chi connectivity index (χ0) is 14.4. The Kier molecular flexibility index (Phi) is 4.92. The van der Waals surface area contributed by atoms with Crippen LogP contribution < -0.4 is 10.6 Å². The topological polar surface area (TPSA) is 74.5 Å². The molecule has 0 saturated carbocycles. The first-order valence-corrected chi connectivity index (χ1v) is 6.44. The van der Waals surface area contributed by atoms with Crippen LogP contribution >= 0.6 is 0 Å². The van der Waals surface area contributed by atoms with E-state index in [1.807, 2.05) is 30.3 Å². The largest absolute Gasteiger partial charge is 0.454 e. The van der Waals surface area contributed by atoms with Crippen LogP contribution in [0, 0.1) is 0 Å². The Morgan fingerprint density at radius 3 is 2.65 bits per heavy atom. The van der Waals surface area contributed by atoms with Gasteiger partial charge in [-0.25, -0.2) is 0 Å². The van der Waals surface area contributed by atoms with Crippen LogP contribution in [-0.2, 0) is 6.54 Å². The molecule has 106 valence electrons. The van der Waals surface area contributed by atoms with E-state index in [0.717, 1.165) is 5.56 Å². The molecular formula is C15H18N2O3. The summed E-state index contributed by atoms with van der Waals surface area (Å²) in [5.41, 5.74) is 1.11. The highest BCUT2D eigenvalue weighted by Gasteiger charge is 2.16. The lowest BCUT2D eigenvalue weighted by Crippen LogP contribution is -2.23. The number of aliphatic hydroxyl groups is 1. The van der Waals surface area contributed by atoms with Gasteiger partial charge in [0.15, 0.2) is 5.76 Å². The first-order valence-electron chi connectivity index (χ1n) is 6.44. The molecule has 0 aliphatic heterocycles. The van der Waals surface area contributed by atoms with Crippen LogP contribution in [0.4, 0.5) is 0 Å². The molecule has 0 aliphatic carbocycles. The van der Waals surface area contributed by atoms with Gasteiger partial charge in [-0.3, -0.25) is 4.79 Å². The molecule has 0 fully saturated rings. The Morgan fingerprint density at radius 1 is 1.25 bits per heavy atom. The third-order valence-electron chi connectivity index (χ3n) is 3.00. The number of aliphatic hydroxyl groups excluding tert-OH is 1. The molecule has 5 nitrogen and oxygen atoms in total. The number of benzene rings is 1. The Balaban J connectivity index is 2.01. The molecule has 1 amide bonds. The molecule has 0 bridgehead atoms. The van der Waals surface area contributed by atoms with Gasteiger partial charge in [-0.1, -0.05) is 30.3 Å². The van der Waals surface area contributed by atoms with Crippen molar-refractivity contribution < 1.29 is 14.3 Å². The van der Waals surface area contributed by atoms with E-state index in [2.05, 4.69) is 10.6 Å². The van der Waals surface area contributed by atoms with Gasteiger partial charge in [0.1, 0.15) is 5.76 Å². The standard InChI is InChI=1S/C15H18N2O3/c1-16-15(19)14-8-7-13(20-14)12(10-18)17-9-11-5-3-2-4-6-11/h2-8,12,17-18H,9-10H2,1H3,(H,16,19). The predicted octanol–water partition coefficient (Wildman–Crippen LogP) is 1.46. The molecule has 1 atom stereocenters. The molecule has 20 heavy (non-hydrogen) atoms. The SMILES string of the molecule is CNC(=O)c1ccc(C(CO)NCc2ccccc2)o1. The zero-order valence-electron chi connectivity index (χ0n) is 11.3. The number of carbonyl (C=O) groups excluding carboxylic acids is 1. The summed E-state index contributed by atoms with van der Waals surface area (Å²) < 4.78 is 5.44. The molecule has 1 aromatic carbocycles. The zero-order valence-corrected chi connectivity index (χ0v) is 11.3. The molecular weight excluding hydrogens is 256 g/mol. The van der Waals surface area contributed by atoms with E-state index in [-0.39, 0.29) is 24.3 Å². The lowest BCUT2D eigenvalue weighted by Gasteiger charge is -2.13. The molecule has 2 aromatic rings. The third kappa shape index (κ3) is 3.46. The minimum Gasteiger partial charge on any atom is -0.454 e. The molecule has 1 unspecified atom stereocenters. The molecule has 1 heterocycles. The lowest BCUT2D eigenvalue weighted by molar-refractivity contribution is 0.0931. The van der Waals surface area contributed by atoms with Crippen molar-refractivity contribution in [2.75, 3.05) is 13.7 Å². The lowest BCUT2D eigenvalue weighted by atomic mass is 10.2. The summed E-state index contributed by atoms with van der Waals surface area (Å²) in [6.45, 7) is 0.510. The van der Waals surface area contributed by atoms with Crippen molar-refractivity contribution in [3.8, 4) is 0 Å². The molecule has 0 radical (unpaired) electrons. The van der Waals surface area contributed by atoms with Crippen molar-refractivity contribution in [1.82, 2.24) is 10.6 Å². The molecule has 0 spiro atoms. The van der Waals surface area contributed by atoms with Gasteiger partial charge in [-0.2, -0.15) is 0 Å². The van der Waals surface area contributed by atoms with Crippen LogP contribution in [0.15, 0.2) is 46.9 Å². The van der Waals surface area contributed by atoms with Crippen LogP contribution in [0.5, 0.6) is 0 Å². The quantitative estimate of drug-likeness (QED) is 0.745. The normalized spacial score (nSPS) is 12.1. The summed E-state index contributed by atoms with van der Waals surface area (Å²) in [5, 5.41) is 15.1. The Morgan fingerprint density at radius 2 is 2.00 bits per heavy atom. The van der Waals surface area contributed by atoms with Crippen molar-refractivity contribution in [1.29, 1.82) is 0 Å². The Bertz CT molecular complexity index is 551. The van der Waals surface area contributed by atoms with E-state index in [1.54, 1.807) is 19.2 Å². The fraction of sp³-hybridized carbons (Fsp3) is 0.267. The predicted molar refractivity (Wildman–Crippen MR) is 75.2 cm³/mol. The van der Waals surface area contributed by atoms with Crippen molar-refractivity contribution in [2.24, 2.45) is 0 Å². The van der Waals surface area contributed by atoms with E-state index in [9.17, 15) is 9.90 Å². The minimum atomic E-state index is -0.339. The molecule has 3 N–H and O–H groups in total. The van der Waals surface area contributed by atoms with Gasteiger partial charge in [0, 0.05) is 13.6 Å². The van der Waals surface area contributed by atoms with Gasteiger partial charge in [0.2, 0.25) is 0 Å². The summed E-state index contributed by atoms with van der Waals surface area (Å²) >= 11 is 0. The Hall–Kier alpha value is -2.11. The van der Waals surface area contributed by atoms with Gasteiger partial charge in [-0.15, -0.1) is 0 Å². The fourth-order valence-corrected chi connectivity index (χ4v) is 1.88. The van der Waals surface area contributed by atoms with Gasteiger partial charge in [0.05, 0.1) is 12.6 Å². The highest BCUT2D eigenvalue weighted by molar-refractivity contribution is 5.91. The maximum atomic E-state index is 11.4. The average molecular weight is 274 g/mol. The van der Waals surface area contributed by atoms with Crippen LogP contribution in [0.25, 0.3) is 0 Å². The van der Waals surface area contributed by atoms with E-state index in [4.69, 9.17) is 4.42 Å². The third-order valence-corrected chi connectivity index (χ3v) is 3.00. The van der Waals surface area contributed by atoms with Crippen LogP contribution in [0.1, 0.15) is 27.9 Å². The number of amides is 1. The summed E-state index contributed by atoms with van der Waals surface area (Å²) in [6.07, 6.45) is 0. The van der Waals surface area contributed by atoms with E-state index in [0.29, 0.717) is 12.3 Å². The van der Waals surface area contributed by atoms with Crippen molar-refractivity contribution in [2.45, 2.75) is 12.6 Å². The smallest absolute Gasteiger partial charge is 0.286 e. The van der Waals surface area contributed by atoms with Crippen molar-refractivity contribution in [3.05, 3.63) is 59.5 Å². The monoisotopic (exact) mass is 274 g/mol. The second-order valence-corrected chi connectivity index (χ2v) is 4.38. The van der Waals surface area contributed by atoms with Crippen molar-refractivity contribution >= 4 is 5.91 Å². The molecule has 0 saturated heterocycles. The van der Waals surface area contributed by atoms with Crippen LogP contribution in [-0.4, -0.2) is 24.7 Å². The van der Waals surface area contributed by atoms with Gasteiger partial charge >= 0.3 is 0 Å². The van der Waals surface area contributed by atoms with E-state index in [1.165, 1.54) is 0 Å². The maximum absolute atomic E-state index is 11.4. The number of rotatable bonds is 6. The molecule has 1 aromatic heterocycles. The van der Waals surface area contributed by atoms with Crippen LogP contribution in [0.2, 0.25) is 0 Å². The molecule has 0 aliphatic rings. The number of hydrogen-bond acceptors (Lipinski definition) is 4. The summed E-state index contributed by atoms with van der Waals surface area (Å²) in [5.74, 6) is 0.500. The number of carbonyl (C=O) groups is 1. The van der Waals surface area contributed by atoms with E-state index < -0.39 is 0 Å². The summed E-state index contributed by atoms with van der Waals surface area (Å²) in [7, 11) is 1.54. The highest BCUT2D eigenvalue weighted by Crippen LogP contribution is 2.17. The first kappa shape index (κ1) is 14.3. The molecule has 2 rings (SSSR count). The highest BCUT2D eigenvalue weighted by atomic mass is 16.4. The number of nitrogens with one attached hydrogen (secondary N) is 2. The van der Waals surface area contributed by atoms with Gasteiger partial charge < -0.3 is 20.2 Å². The van der Waals surface area contributed by atoms with E-state index >= 15 is 0 Å². The summed E-state index contributed by atoms with van der Waals surface area (Å²) in [4.78, 5) is 11.4. The second-order valence-electron chi connectivity index (χ2n) is 4.38. The number of hydrogen-bond donors (Lipinski definition) is 3. The molecule has 5 heteroatoms. The summed E-state index contributed by atoms with van der Waals surface area (Å²) in [6, 6.07) is 12.8.